The molecule has 0 radical (unpaired) electrons. The number of H-pyrrole nitrogens is 1. The molecule has 4 heterocycles. The van der Waals surface area contributed by atoms with Gasteiger partial charge in [0.25, 0.3) is 0 Å². The predicted octanol–water partition coefficient (Wildman–Crippen LogP) is 1.13. The molecule has 1 aliphatic heterocycles. The zero-order chi connectivity index (χ0) is 20.5. The summed E-state index contributed by atoms with van der Waals surface area (Å²) in [5.41, 5.74) is 4.22. The second kappa shape index (κ2) is 7.76. The van der Waals surface area contributed by atoms with Crippen molar-refractivity contribution in [1.29, 1.82) is 0 Å². The molecular formula is C19H21N9O2. The second-order valence-corrected chi connectivity index (χ2v) is 7.11. The summed E-state index contributed by atoms with van der Waals surface area (Å²) in [7, 11) is 3.48. The number of tetrazole rings is 1. The van der Waals surface area contributed by atoms with E-state index in [0.717, 1.165) is 47.0 Å². The normalized spacial score (nSPS) is 17.5. The van der Waals surface area contributed by atoms with Crippen molar-refractivity contribution in [2.24, 2.45) is 7.05 Å². The number of hydrogen-bond acceptors (Lipinski definition) is 9. The number of morpholine rings is 1. The van der Waals surface area contributed by atoms with E-state index in [-0.39, 0.29) is 6.10 Å². The molecule has 1 N–H and O–H groups in total. The lowest BCUT2D eigenvalue weighted by Crippen LogP contribution is -2.38. The zero-order valence-electron chi connectivity index (χ0n) is 16.7. The van der Waals surface area contributed by atoms with Crippen LogP contribution < -0.4 is 4.74 Å². The van der Waals surface area contributed by atoms with Crippen LogP contribution in [0.1, 0.15) is 17.5 Å². The molecule has 5 rings (SSSR count). The molecule has 1 fully saturated rings. The number of ether oxygens (including phenoxy) is 2. The van der Waals surface area contributed by atoms with E-state index in [4.69, 9.17) is 9.47 Å². The smallest absolute Gasteiger partial charge is 0.181 e. The molecule has 11 nitrogen and oxygen atoms in total. The van der Waals surface area contributed by atoms with Gasteiger partial charge in [-0.05, 0) is 28.1 Å². The maximum absolute atomic E-state index is 5.89. The molecule has 4 aromatic rings. The Hall–Kier alpha value is -3.44. The topological polar surface area (TPSA) is 120 Å². The quantitative estimate of drug-likeness (QED) is 0.519. The molecule has 1 saturated heterocycles. The predicted molar refractivity (Wildman–Crippen MR) is 106 cm³/mol. The van der Waals surface area contributed by atoms with Gasteiger partial charge in [0.1, 0.15) is 29.4 Å². The van der Waals surface area contributed by atoms with Gasteiger partial charge in [-0.15, -0.1) is 5.10 Å². The third kappa shape index (κ3) is 3.37. The lowest BCUT2D eigenvalue weighted by molar-refractivity contribution is -0.0388. The van der Waals surface area contributed by atoms with Gasteiger partial charge in [0, 0.05) is 32.2 Å². The minimum absolute atomic E-state index is 0.150. The summed E-state index contributed by atoms with van der Waals surface area (Å²) in [4.78, 5) is 18.4. The molecule has 1 aromatic carbocycles. The molecule has 0 bridgehead atoms. The Morgan fingerprint density at radius 3 is 3.03 bits per heavy atom. The van der Waals surface area contributed by atoms with Crippen molar-refractivity contribution in [2.45, 2.75) is 12.6 Å². The van der Waals surface area contributed by atoms with Crippen LogP contribution in [0.5, 0.6) is 5.75 Å². The molecule has 0 amide bonds. The summed E-state index contributed by atoms with van der Waals surface area (Å²) in [6.07, 6.45) is 2.99. The van der Waals surface area contributed by atoms with Crippen molar-refractivity contribution >= 4 is 11.2 Å². The van der Waals surface area contributed by atoms with Gasteiger partial charge in [-0.2, -0.15) is 0 Å². The number of nitrogens with zero attached hydrogens (tertiary/aromatic N) is 8. The van der Waals surface area contributed by atoms with Gasteiger partial charge in [-0.25, -0.2) is 19.6 Å². The number of methoxy groups -OCH3 is 1. The molecule has 0 spiro atoms. The number of fused-ring (bicyclic) bond motifs is 1. The van der Waals surface area contributed by atoms with Crippen LogP contribution in [-0.4, -0.2) is 71.8 Å². The Balaban J connectivity index is 1.42. The monoisotopic (exact) mass is 407 g/mol. The van der Waals surface area contributed by atoms with Gasteiger partial charge < -0.3 is 14.5 Å². The number of nitrogens with one attached hydrogen (secondary N) is 1. The maximum atomic E-state index is 5.89. The molecule has 154 valence electrons. The average molecular weight is 407 g/mol. The Morgan fingerprint density at radius 1 is 1.27 bits per heavy atom. The zero-order valence-corrected chi connectivity index (χ0v) is 16.7. The SMILES string of the molecule is COc1ccc(CN2CCOC(c3nnnn3C)C2)cc1-c1ncnc2nc[nH]c12. The number of hydrogen-bond donors (Lipinski definition) is 1. The lowest BCUT2D eigenvalue weighted by atomic mass is 10.0. The van der Waals surface area contributed by atoms with Crippen LogP contribution in [0.2, 0.25) is 0 Å². The number of imidazole rings is 1. The maximum Gasteiger partial charge on any atom is 0.181 e. The van der Waals surface area contributed by atoms with Crippen LogP contribution in [0.15, 0.2) is 30.9 Å². The van der Waals surface area contributed by atoms with Gasteiger partial charge in [-0.3, -0.25) is 4.90 Å². The fourth-order valence-electron chi connectivity index (χ4n) is 3.78. The molecule has 30 heavy (non-hydrogen) atoms. The summed E-state index contributed by atoms with van der Waals surface area (Å²) in [5, 5.41) is 11.7. The number of aromatic amines is 1. The second-order valence-electron chi connectivity index (χ2n) is 7.11. The standard InChI is InChI=1S/C19H21N9O2/c1-27-19(24-25-26-27)15-9-28(5-6-30-15)8-12-3-4-14(29-2)13(7-12)16-17-18(22-10-20-16)23-11-21-17/h3-4,7,10-11,15H,5-6,8-9H2,1-2H3,(H,20,21,22,23). The summed E-state index contributed by atoms with van der Waals surface area (Å²) in [5.74, 6) is 1.48. The van der Waals surface area contributed by atoms with Gasteiger partial charge in [0.2, 0.25) is 0 Å². The van der Waals surface area contributed by atoms with E-state index < -0.39 is 0 Å². The first-order valence-electron chi connectivity index (χ1n) is 9.60. The summed E-state index contributed by atoms with van der Waals surface area (Å²) < 4.78 is 13.1. The molecule has 0 saturated carbocycles. The van der Waals surface area contributed by atoms with Crippen LogP contribution in [0.25, 0.3) is 22.4 Å². The number of aromatic nitrogens is 8. The number of benzene rings is 1. The first-order valence-corrected chi connectivity index (χ1v) is 9.60. The van der Waals surface area contributed by atoms with Gasteiger partial charge in [-0.1, -0.05) is 6.07 Å². The van der Waals surface area contributed by atoms with E-state index in [1.165, 1.54) is 6.33 Å². The van der Waals surface area contributed by atoms with E-state index in [9.17, 15) is 0 Å². The van der Waals surface area contributed by atoms with E-state index in [2.05, 4.69) is 52.5 Å². The van der Waals surface area contributed by atoms with E-state index in [1.54, 1.807) is 18.1 Å². The fraction of sp³-hybridized carbons (Fsp3) is 0.368. The summed E-state index contributed by atoms with van der Waals surface area (Å²) >= 11 is 0. The molecule has 0 aliphatic carbocycles. The molecule has 11 heteroatoms. The third-order valence-electron chi connectivity index (χ3n) is 5.24. The first-order chi connectivity index (χ1) is 14.7. The largest absolute Gasteiger partial charge is 0.496 e. The van der Waals surface area contributed by atoms with Gasteiger partial charge in [0.15, 0.2) is 11.5 Å². The van der Waals surface area contributed by atoms with Crippen molar-refractivity contribution < 1.29 is 9.47 Å². The van der Waals surface area contributed by atoms with Crippen LogP contribution in [0, 0.1) is 0 Å². The fourth-order valence-corrected chi connectivity index (χ4v) is 3.78. The molecule has 3 aromatic heterocycles. The Kier molecular flexibility index (Phi) is 4.81. The third-order valence-corrected chi connectivity index (χ3v) is 5.24. The van der Waals surface area contributed by atoms with E-state index >= 15 is 0 Å². The van der Waals surface area contributed by atoms with Crippen molar-refractivity contribution in [3.8, 4) is 17.0 Å². The highest BCUT2D eigenvalue weighted by Crippen LogP contribution is 2.33. The minimum Gasteiger partial charge on any atom is -0.496 e. The Morgan fingerprint density at radius 2 is 2.20 bits per heavy atom. The van der Waals surface area contributed by atoms with Gasteiger partial charge >= 0.3 is 0 Å². The molecule has 1 unspecified atom stereocenters. The van der Waals surface area contributed by atoms with E-state index in [1.807, 2.05) is 13.1 Å². The van der Waals surface area contributed by atoms with Crippen molar-refractivity contribution in [3.63, 3.8) is 0 Å². The highest BCUT2D eigenvalue weighted by atomic mass is 16.5. The average Bonchev–Trinajstić information content (AvgIpc) is 3.42. The first kappa shape index (κ1) is 18.6. The summed E-state index contributed by atoms with van der Waals surface area (Å²) in [6, 6.07) is 6.15. The van der Waals surface area contributed by atoms with Gasteiger partial charge in [0.05, 0.1) is 20.0 Å². The van der Waals surface area contributed by atoms with Crippen LogP contribution in [0.3, 0.4) is 0 Å². The van der Waals surface area contributed by atoms with Crippen LogP contribution >= 0.6 is 0 Å². The molecule has 1 aliphatic rings. The molecule has 1 atom stereocenters. The van der Waals surface area contributed by atoms with Crippen molar-refractivity contribution in [3.05, 3.63) is 42.2 Å². The van der Waals surface area contributed by atoms with Crippen LogP contribution in [0.4, 0.5) is 0 Å². The highest BCUT2D eigenvalue weighted by molar-refractivity contribution is 5.88. The van der Waals surface area contributed by atoms with Crippen molar-refractivity contribution in [2.75, 3.05) is 26.8 Å². The minimum atomic E-state index is -0.150. The molecular weight excluding hydrogens is 386 g/mol. The van der Waals surface area contributed by atoms with Crippen LogP contribution in [-0.2, 0) is 18.3 Å². The number of rotatable bonds is 5. The Bertz CT molecular complexity index is 1170. The summed E-state index contributed by atoms with van der Waals surface area (Å²) in [6.45, 7) is 2.94. The van der Waals surface area contributed by atoms with Crippen molar-refractivity contribution in [1.82, 2.24) is 45.0 Å². The Labute approximate surface area is 172 Å². The lowest BCUT2D eigenvalue weighted by Gasteiger charge is -2.32. The van der Waals surface area contributed by atoms with E-state index in [0.29, 0.717) is 18.8 Å². The highest BCUT2D eigenvalue weighted by Gasteiger charge is 2.26. The number of aryl methyl sites for hydroxylation is 1.